The topological polar surface area (TPSA) is 92.0 Å². The molecular formula is C14H15N5O3S. The first-order valence-electron chi connectivity index (χ1n) is 7.38. The van der Waals surface area contributed by atoms with Crippen molar-refractivity contribution in [1.82, 2.24) is 25.4 Å². The first kappa shape index (κ1) is 14.5. The summed E-state index contributed by atoms with van der Waals surface area (Å²) in [5, 5.41) is 16.6. The average Bonchev–Trinajstić information content (AvgIpc) is 3.34. The standard InChI is InChI=1S/C14H15N5O3S/c1-3-11(20-5-1)8-19-14(15-17-18-19)23-9-10-7-13(22-16-10)12-4-2-6-21-12/h2,4,6-7,11H,1,3,5,8-9H2. The van der Waals surface area contributed by atoms with Gasteiger partial charge >= 0.3 is 0 Å². The Hall–Kier alpha value is -2.13. The number of hydrogen-bond donors (Lipinski definition) is 0. The molecule has 0 aromatic carbocycles. The third kappa shape index (κ3) is 3.30. The van der Waals surface area contributed by atoms with Crippen LogP contribution < -0.4 is 0 Å². The Morgan fingerprint density at radius 3 is 3.17 bits per heavy atom. The fourth-order valence-electron chi connectivity index (χ4n) is 2.45. The van der Waals surface area contributed by atoms with Gasteiger partial charge in [0.25, 0.3) is 0 Å². The van der Waals surface area contributed by atoms with Gasteiger partial charge in [-0.05, 0) is 35.4 Å². The number of furan rings is 1. The van der Waals surface area contributed by atoms with Crippen molar-refractivity contribution in [2.75, 3.05) is 6.61 Å². The summed E-state index contributed by atoms with van der Waals surface area (Å²) in [6, 6.07) is 5.51. The molecular weight excluding hydrogens is 318 g/mol. The van der Waals surface area contributed by atoms with Gasteiger partial charge < -0.3 is 13.7 Å². The van der Waals surface area contributed by atoms with E-state index < -0.39 is 0 Å². The maximum absolute atomic E-state index is 5.63. The summed E-state index contributed by atoms with van der Waals surface area (Å²) in [6.07, 6.45) is 3.96. The second-order valence-electron chi connectivity index (χ2n) is 5.23. The molecule has 1 fully saturated rings. The van der Waals surface area contributed by atoms with Gasteiger partial charge in [-0.3, -0.25) is 0 Å². The smallest absolute Gasteiger partial charge is 0.209 e. The molecule has 0 N–H and O–H groups in total. The van der Waals surface area contributed by atoms with Gasteiger partial charge in [-0.1, -0.05) is 16.9 Å². The van der Waals surface area contributed by atoms with Crippen LogP contribution in [0.15, 0.2) is 38.6 Å². The van der Waals surface area contributed by atoms with Gasteiger partial charge in [0.15, 0.2) is 5.76 Å². The quantitative estimate of drug-likeness (QED) is 0.635. The van der Waals surface area contributed by atoms with Gasteiger partial charge in [-0.15, -0.1) is 5.10 Å². The number of ether oxygens (including phenoxy) is 1. The third-order valence-corrected chi connectivity index (χ3v) is 4.56. The van der Waals surface area contributed by atoms with Crippen LogP contribution in [-0.2, 0) is 17.0 Å². The van der Waals surface area contributed by atoms with Crippen LogP contribution in [0.1, 0.15) is 18.5 Å². The van der Waals surface area contributed by atoms with E-state index in [-0.39, 0.29) is 6.10 Å². The van der Waals surface area contributed by atoms with Crippen LogP contribution in [0.2, 0.25) is 0 Å². The van der Waals surface area contributed by atoms with Crippen molar-refractivity contribution in [2.45, 2.75) is 36.4 Å². The highest BCUT2D eigenvalue weighted by molar-refractivity contribution is 7.98. The fraction of sp³-hybridized carbons (Fsp3) is 0.429. The summed E-state index contributed by atoms with van der Waals surface area (Å²) in [7, 11) is 0. The van der Waals surface area contributed by atoms with Crippen LogP contribution in [0.3, 0.4) is 0 Å². The van der Waals surface area contributed by atoms with Crippen molar-refractivity contribution in [2.24, 2.45) is 0 Å². The average molecular weight is 333 g/mol. The Morgan fingerprint density at radius 2 is 2.35 bits per heavy atom. The number of rotatable bonds is 6. The Labute approximate surface area is 136 Å². The minimum Gasteiger partial charge on any atom is -0.461 e. The Kier molecular flexibility index (Phi) is 4.12. The Morgan fingerprint density at radius 1 is 1.35 bits per heavy atom. The molecule has 4 heterocycles. The van der Waals surface area contributed by atoms with Gasteiger partial charge in [-0.25, -0.2) is 4.68 Å². The first-order chi connectivity index (χ1) is 11.4. The van der Waals surface area contributed by atoms with Crippen molar-refractivity contribution < 1.29 is 13.7 Å². The molecule has 1 saturated heterocycles. The highest BCUT2D eigenvalue weighted by atomic mass is 32.2. The van der Waals surface area contributed by atoms with Crippen LogP contribution in [0.25, 0.3) is 11.5 Å². The predicted molar refractivity (Wildman–Crippen MR) is 80.6 cm³/mol. The van der Waals surface area contributed by atoms with Crippen molar-refractivity contribution in [3.8, 4) is 11.5 Å². The molecule has 3 aromatic rings. The summed E-state index contributed by atoms with van der Waals surface area (Å²) < 4.78 is 18.0. The van der Waals surface area contributed by atoms with E-state index in [9.17, 15) is 0 Å². The van der Waals surface area contributed by atoms with Crippen LogP contribution >= 0.6 is 11.8 Å². The largest absolute Gasteiger partial charge is 0.461 e. The summed E-state index contributed by atoms with van der Waals surface area (Å²) in [5.41, 5.74) is 0.813. The maximum Gasteiger partial charge on any atom is 0.209 e. The van der Waals surface area contributed by atoms with E-state index in [2.05, 4.69) is 20.7 Å². The molecule has 120 valence electrons. The summed E-state index contributed by atoms with van der Waals surface area (Å²) in [5.74, 6) is 1.90. The minimum absolute atomic E-state index is 0.204. The molecule has 0 bridgehead atoms. The van der Waals surface area contributed by atoms with E-state index in [4.69, 9.17) is 13.7 Å². The molecule has 3 aromatic heterocycles. The number of hydrogen-bond acceptors (Lipinski definition) is 8. The number of aromatic nitrogens is 5. The highest BCUT2D eigenvalue weighted by Crippen LogP contribution is 2.25. The molecule has 23 heavy (non-hydrogen) atoms. The molecule has 1 aliphatic rings. The maximum atomic E-state index is 5.63. The molecule has 0 radical (unpaired) electrons. The fourth-order valence-corrected chi connectivity index (χ4v) is 3.22. The van der Waals surface area contributed by atoms with E-state index in [0.29, 0.717) is 23.8 Å². The summed E-state index contributed by atoms with van der Waals surface area (Å²) in [4.78, 5) is 0. The monoisotopic (exact) mass is 333 g/mol. The lowest BCUT2D eigenvalue weighted by Crippen LogP contribution is -2.16. The van der Waals surface area contributed by atoms with Crippen molar-refractivity contribution in [1.29, 1.82) is 0 Å². The number of thioether (sulfide) groups is 1. The van der Waals surface area contributed by atoms with Gasteiger partial charge in [0.1, 0.15) is 0 Å². The highest BCUT2D eigenvalue weighted by Gasteiger charge is 2.19. The zero-order valence-corrected chi connectivity index (χ0v) is 13.1. The molecule has 0 amide bonds. The first-order valence-corrected chi connectivity index (χ1v) is 8.37. The molecule has 0 saturated carbocycles. The van der Waals surface area contributed by atoms with E-state index in [0.717, 1.165) is 30.3 Å². The molecule has 0 spiro atoms. The molecule has 8 nitrogen and oxygen atoms in total. The van der Waals surface area contributed by atoms with Gasteiger partial charge in [0.2, 0.25) is 10.9 Å². The third-order valence-electron chi connectivity index (χ3n) is 3.57. The molecule has 1 atom stereocenters. The van der Waals surface area contributed by atoms with Crippen molar-refractivity contribution in [3.63, 3.8) is 0 Å². The molecule has 0 aliphatic carbocycles. The normalized spacial score (nSPS) is 17.8. The zero-order chi connectivity index (χ0) is 15.5. The summed E-state index contributed by atoms with van der Waals surface area (Å²) >= 11 is 1.52. The van der Waals surface area contributed by atoms with Crippen molar-refractivity contribution in [3.05, 3.63) is 30.2 Å². The molecule has 1 aliphatic heterocycles. The SMILES string of the molecule is c1coc(-c2cc(CSc3nnnn3CC3CCCO3)no2)c1. The minimum atomic E-state index is 0.204. The molecule has 4 rings (SSSR count). The van der Waals surface area contributed by atoms with Crippen LogP contribution in [-0.4, -0.2) is 38.1 Å². The second-order valence-corrected chi connectivity index (χ2v) is 6.17. The van der Waals surface area contributed by atoms with Crippen LogP contribution in [0.5, 0.6) is 0 Å². The van der Waals surface area contributed by atoms with Crippen LogP contribution in [0.4, 0.5) is 0 Å². The van der Waals surface area contributed by atoms with E-state index in [1.165, 1.54) is 11.8 Å². The zero-order valence-electron chi connectivity index (χ0n) is 12.3. The number of nitrogens with zero attached hydrogens (tertiary/aromatic N) is 5. The van der Waals surface area contributed by atoms with E-state index >= 15 is 0 Å². The van der Waals surface area contributed by atoms with Gasteiger partial charge in [0, 0.05) is 18.4 Å². The summed E-state index contributed by atoms with van der Waals surface area (Å²) in [6.45, 7) is 1.51. The second kappa shape index (κ2) is 6.55. The Balaban J connectivity index is 1.38. The van der Waals surface area contributed by atoms with E-state index in [1.807, 2.05) is 18.2 Å². The lowest BCUT2D eigenvalue weighted by molar-refractivity contribution is 0.0912. The molecule has 1 unspecified atom stereocenters. The van der Waals surface area contributed by atoms with Gasteiger partial charge in [0.05, 0.1) is 24.6 Å². The molecule has 9 heteroatoms. The number of tetrazole rings is 1. The van der Waals surface area contributed by atoms with Crippen molar-refractivity contribution >= 4 is 11.8 Å². The van der Waals surface area contributed by atoms with E-state index in [1.54, 1.807) is 10.9 Å². The predicted octanol–water partition coefficient (Wildman–Crippen LogP) is 2.39. The van der Waals surface area contributed by atoms with Gasteiger partial charge in [-0.2, -0.15) is 0 Å². The van der Waals surface area contributed by atoms with Crippen LogP contribution in [0, 0.1) is 0 Å². The lowest BCUT2D eigenvalue weighted by Gasteiger charge is -2.09. The lowest BCUT2D eigenvalue weighted by atomic mass is 10.2. The Bertz CT molecular complexity index is 748.